The second-order valence-corrected chi connectivity index (χ2v) is 14.1. The lowest BCUT2D eigenvalue weighted by molar-refractivity contribution is -0.142. The molecule has 0 aliphatic heterocycles. The van der Waals surface area contributed by atoms with Crippen LogP contribution in [0.15, 0.2) is 90.1 Å². The summed E-state index contributed by atoms with van der Waals surface area (Å²) in [4.78, 5) is 29.7. The molecule has 0 saturated carbocycles. The fourth-order valence-corrected chi connectivity index (χ4v) is 5.34. The molecule has 0 aliphatic carbocycles. The molecule has 45 heavy (non-hydrogen) atoms. The van der Waals surface area contributed by atoms with Gasteiger partial charge >= 0.3 is 0 Å². The molecule has 3 rings (SSSR count). The third kappa shape index (κ3) is 13.3. The molecule has 3 aromatic rings. The van der Waals surface area contributed by atoms with Gasteiger partial charge in [-0.25, -0.2) is 13.9 Å². The van der Waals surface area contributed by atoms with Crippen LogP contribution in [0.3, 0.4) is 0 Å². The summed E-state index contributed by atoms with van der Waals surface area (Å²) >= 11 is 0. The number of nitrogens with zero attached hydrogens (tertiary/aromatic N) is 2. The van der Waals surface area contributed by atoms with Crippen molar-refractivity contribution in [3.05, 3.63) is 102 Å². The number of aromatic nitrogens is 1. The number of amides is 2. The van der Waals surface area contributed by atoms with Crippen molar-refractivity contribution >= 4 is 38.0 Å². The zero-order valence-electron chi connectivity index (χ0n) is 25.6. The first-order valence-corrected chi connectivity index (χ1v) is 17.3. The van der Waals surface area contributed by atoms with Crippen molar-refractivity contribution in [2.24, 2.45) is 17.8 Å². The van der Waals surface area contributed by atoms with E-state index in [9.17, 15) is 31.6 Å². The fraction of sp³-hybridized carbons (Fsp3) is 0.323. The van der Waals surface area contributed by atoms with Crippen LogP contribution in [0, 0.1) is 24.7 Å². The summed E-state index contributed by atoms with van der Waals surface area (Å²) in [5, 5.41) is 9.32. The number of nitrogens with one attached hydrogen (secondary N) is 2. The van der Waals surface area contributed by atoms with E-state index in [0.717, 1.165) is 21.8 Å². The predicted octanol–water partition coefficient (Wildman–Crippen LogP) is 4.00. The summed E-state index contributed by atoms with van der Waals surface area (Å²) < 4.78 is 55.1. The van der Waals surface area contributed by atoms with Crippen molar-refractivity contribution < 1.29 is 36.2 Å². The highest BCUT2D eigenvalue weighted by atomic mass is 32.2. The number of hydrazine groups is 1. The Morgan fingerprint density at radius 2 is 1.51 bits per heavy atom. The summed E-state index contributed by atoms with van der Waals surface area (Å²) in [5.41, 5.74) is 6.65. The van der Waals surface area contributed by atoms with E-state index in [1.165, 1.54) is 24.5 Å². The first-order chi connectivity index (χ1) is 21.1. The number of aryl methyl sites for hydroxylation is 1. The van der Waals surface area contributed by atoms with Crippen LogP contribution >= 0.6 is 0 Å². The maximum atomic E-state index is 13.3. The molecule has 4 N–H and O–H groups in total. The summed E-state index contributed by atoms with van der Waals surface area (Å²) in [6.07, 6.45) is 8.13. The van der Waals surface area contributed by atoms with E-state index in [1.54, 1.807) is 35.8 Å². The van der Waals surface area contributed by atoms with Gasteiger partial charge in [0.15, 0.2) is 0 Å². The minimum atomic E-state index is -4.02. The number of allylic oxidation sites excluding steroid dienone is 1. The molecule has 2 aromatic carbocycles. The second kappa shape index (κ2) is 17.5. The second-order valence-electron chi connectivity index (χ2n) is 10.8. The van der Waals surface area contributed by atoms with E-state index in [1.807, 2.05) is 57.2 Å². The zero-order valence-corrected chi connectivity index (χ0v) is 27.2. The zero-order chi connectivity index (χ0) is 33.6. The van der Waals surface area contributed by atoms with Crippen LogP contribution in [0.1, 0.15) is 43.4 Å². The number of hydrogen-bond donors (Lipinski definition) is 4. The van der Waals surface area contributed by atoms with E-state index in [-0.39, 0.29) is 23.8 Å². The number of hydrogen-bond acceptors (Lipinski definition) is 8. The van der Waals surface area contributed by atoms with E-state index in [4.69, 9.17) is 4.55 Å². The van der Waals surface area contributed by atoms with Crippen LogP contribution in [-0.2, 0) is 36.3 Å². The molecule has 0 spiro atoms. The number of pyridine rings is 1. The quantitative estimate of drug-likeness (QED) is 0.120. The van der Waals surface area contributed by atoms with E-state index in [0.29, 0.717) is 12.0 Å². The van der Waals surface area contributed by atoms with Crippen molar-refractivity contribution in [1.82, 2.24) is 20.3 Å². The molecular formula is C31H40N4O8S2. The largest absolute Gasteiger partial charge is 0.294 e. The number of rotatable bonds is 13. The number of benzene rings is 2. The molecule has 1 aromatic heterocycles. The minimum absolute atomic E-state index is 0.0368. The van der Waals surface area contributed by atoms with E-state index < -0.39 is 43.8 Å². The Kier molecular flexibility index (Phi) is 14.5. The highest BCUT2D eigenvalue weighted by molar-refractivity contribution is 7.88. The smallest absolute Gasteiger partial charge is 0.289 e. The van der Waals surface area contributed by atoms with Gasteiger partial charge in [-0.15, -0.1) is 4.41 Å². The fourth-order valence-electron chi connectivity index (χ4n) is 4.22. The Bertz CT molecular complexity index is 1620. The molecule has 0 aliphatic rings. The SMILES string of the molecule is CC(C)C[C@@H](C(=O)NN(Cc1ccncc1)S(C)(=O)=O)[C@H](C/C=C/c1ccccc1)C(=O)NO.Cc1ccc(S(=O)(=O)O)cc1. The summed E-state index contributed by atoms with van der Waals surface area (Å²) in [6, 6.07) is 18.7. The molecule has 2 atom stereocenters. The van der Waals surface area contributed by atoms with Crippen LogP contribution in [0.4, 0.5) is 0 Å². The summed E-state index contributed by atoms with van der Waals surface area (Å²) in [7, 11) is -7.83. The molecule has 2 amide bonds. The number of sulfonamides is 1. The summed E-state index contributed by atoms with van der Waals surface area (Å²) in [5.74, 6) is -3.08. The highest BCUT2D eigenvalue weighted by Gasteiger charge is 2.35. The molecule has 12 nitrogen and oxygen atoms in total. The van der Waals surface area contributed by atoms with Gasteiger partial charge in [-0.1, -0.05) is 74.0 Å². The van der Waals surface area contributed by atoms with Gasteiger partial charge in [-0.05, 0) is 61.1 Å². The molecule has 0 fully saturated rings. The van der Waals surface area contributed by atoms with E-state index in [2.05, 4.69) is 10.4 Å². The highest BCUT2D eigenvalue weighted by Crippen LogP contribution is 2.26. The van der Waals surface area contributed by atoms with Gasteiger partial charge in [0.25, 0.3) is 10.1 Å². The number of carbonyl (C=O) groups excluding carboxylic acids is 2. The number of hydroxylamine groups is 1. The third-order valence-electron chi connectivity index (χ3n) is 6.52. The van der Waals surface area contributed by atoms with Gasteiger partial charge in [0, 0.05) is 12.4 Å². The van der Waals surface area contributed by atoms with Gasteiger partial charge in [0.1, 0.15) is 0 Å². The van der Waals surface area contributed by atoms with Gasteiger partial charge in [0.2, 0.25) is 21.8 Å². The Labute approximate surface area is 264 Å². The first-order valence-electron chi connectivity index (χ1n) is 14.0. The van der Waals surface area contributed by atoms with Crippen molar-refractivity contribution in [3.8, 4) is 0 Å². The third-order valence-corrected chi connectivity index (χ3v) is 8.41. The van der Waals surface area contributed by atoms with Crippen LogP contribution in [0.2, 0.25) is 0 Å². The van der Waals surface area contributed by atoms with Gasteiger partial charge in [-0.3, -0.25) is 29.8 Å². The lowest BCUT2D eigenvalue weighted by atomic mass is 9.82. The van der Waals surface area contributed by atoms with Crippen LogP contribution in [0.25, 0.3) is 6.08 Å². The maximum absolute atomic E-state index is 13.3. The Hall–Kier alpha value is -3.95. The molecule has 0 unspecified atom stereocenters. The Balaban J connectivity index is 0.000000537. The Morgan fingerprint density at radius 1 is 0.911 bits per heavy atom. The summed E-state index contributed by atoms with van der Waals surface area (Å²) in [6.45, 7) is 5.55. The topological polar surface area (TPSA) is 183 Å². The van der Waals surface area contributed by atoms with Crippen molar-refractivity contribution in [3.63, 3.8) is 0 Å². The van der Waals surface area contributed by atoms with Gasteiger partial charge in [0.05, 0.1) is 29.5 Å². The monoisotopic (exact) mass is 660 g/mol. The lowest BCUT2D eigenvalue weighted by Gasteiger charge is -2.28. The molecule has 244 valence electrons. The molecule has 14 heteroatoms. The minimum Gasteiger partial charge on any atom is -0.289 e. The normalized spacial score (nSPS) is 13.2. The van der Waals surface area contributed by atoms with Crippen molar-refractivity contribution in [2.45, 2.75) is 45.1 Å². The van der Waals surface area contributed by atoms with E-state index >= 15 is 0 Å². The van der Waals surface area contributed by atoms with Gasteiger partial charge < -0.3 is 0 Å². The molecule has 0 bridgehead atoms. The first kappa shape index (κ1) is 37.2. The van der Waals surface area contributed by atoms with Crippen LogP contribution < -0.4 is 10.9 Å². The average Bonchev–Trinajstić information content (AvgIpc) is 2.98. The molecular weight excluding hydrogens is 620 g/mol. The van der Waals surface area contributed by atoms with Crippen LogP contribution in [0.5, 0.6) is 0 Å². The maximum Gasteiger partial charge on any atom is 0.294 e. The molecule has 0 radical (unpaired) electrons. The van der Waals surface area contributed by atoms with Crippen molar-refractivity contribution in [1.29, 1.82) is 0 Å². The van der Waals surface area contributed by atoms with Gasteiger partial charge in [-0.2, -0.15) is 8.42 Å². The average molecular weight is 661 g/mol. The number of carbonyl (C=O) groups is 2. The Morgan fingerprint density at radius 3 is 2.02 bits per heavy atom. The lowest BCUT2D eigenvalue weighted by Crippen LogP contribution is -2.50. The molecule has 1 heterocycles. The predicted molar refractivity (Wildman–Crippen MR) is 170 cm³/mol. The van der Waals surface area contributed by atoms with Crippen molar-refractivity contribution in [2.75, 3.05) is 6.26 Å². The molecule has 0 saturated heterocycles. The van der Waals surface area contributed by atoms with Crippen LogP contribution in [-0.4, -0.2) is 54.1 Å². The standard InChI is InChI=1S/C24H32N4O5S.C7H8O3S/c1-18(2)16-22(21(24(30)27-31)11-7-10-19-8-5-4-6-9-19)23(29)26-28(34(3,32)33)17-20-12-14-25-15-13-20;1-6-2-4-7(5-3-6)11(8,9)10/h4-10,12-15,18,21-22,31H,11,16-17H2,1-3H3,(H,26,29)(H,27,30);2-5H,1H3,(H,8,9,10)/b10-7+;/t21-,22+;/m0./s1.